The Bertz CT molecular complexity index is 971. The van der Waals surface area contributed by atoms with Gasteiger partial charge >= 0.3 is 0 Å². The van der Waals surface area contributed by atoms with Crippen molar-refractivity contribution in [3.05, 3.63) is 16.6 Å². The van der Waals surface area contributed by atoms with Gasteiger partial charge in [0.15, 0.2) is 0 Å². The topological polar surface area (TPSA) is 101 Å². The van der Waals surface area contributed by atoms with Crippen molar-refractivity contribution in [2.24, 2.45) is 22.7 Å². The molecule has 3 amide bonds. The Hall–Kier alpha value is -2.04. The highest BCUT2D eigenvalue weighted by atomic mass is 32.1. The predicted molar refractivity (Wildman–Crippen MR) is 134 cm³/mol. The first-order chi connectivity index (χ1) is 17.2. The molecule has 0 radical (unpaired) electrons. The number of rotatable bonds is 8. The van der Waals surface area contributed by atoms with E-state index in [1.54, 1.807) is 16.6 Å². The molecule has 4 fully saturated rings. The van der Waals surface area contributed by atoms with Crippen LogP contribution in [0.4, 0.5) is 0 Å². The average molecular weight is 519 g/mol. The van der Waals surface area contributed by atoms with Crippen molar-refractivity contribution in [3.63, 3.8) is 0 Å². The molecule has 3 aliphatic heterocycles. The summed E-state index contributed by atoms with van der Waals surface area (Å²) in [6.07, 6.45) is 5.20. The first kappa shape index (κ1) is 25.6. The predicted octanol–water partition coefficient (Wildman–Crippen LogP) is 2.18. The zero-order chi connectivity index (χ0) is 25.5. The lowest BCUT2D eigenvalue weighted by molar-refractivity contribution is -0.151. The maximum atomic E-state index is 13.6. The number of carbonyl (C=O) groups excluding carboxylic acids is 3. The third kappa shape index (κ3) is 5.04. The van der Waals surface area contributed by atoms with Crippen molar-refractivity contribution in [3.8, 4) is 0 Å². The van der Waals surface area contributed by atoms with Crippen molar-refractivity contribution in [1.82, 2.24) is 20.1 Å². The average Bonchev–Trinajstić information content (AvgIpc) is 3.24. The molecule has 4 heterocycles. The van der Waals surface area contributed by atoms with E-state index in [0.29, 0.717) is 37.7 Å². The summed E-state index contributed by atoms with van der Waals surface area (Å²) >= 11 is 1.31. The molecule has 3 atom stereocenters. The standard InChI is InChI=1S/C26H38N4O5S/c1-4-17(12-35-18-5-7-34-8-6-18)28-22(31)20-11-29(24(33)21-10-27-16-36-21)13-26(20)14-30(15-26)23(32)19-9-25(19,2)3/h10,16-20H,4-9,11-15H2,1-3H3,(H,28,31)/t17-,19+,20-/m0/s1. The smallest absolute Gasteiger partial charge is 0.265 e. The lowest BCUT2D eigenvalue weighted by atomic mass is 9.70. The highest BCUT2D eigenvalue weighted by molar-refractivity contribution is 7.11. The SMILES string of the molecule is CC[C@@H](COC1CCOCC1)NC(=O)[C@@H]1CN(C(=O)c2cncs2)CC12CN(C(=O)[C@H]1CC1(C)C)C2. The van der Waals surface area contributed by atoms with Gasteiger partial charge in [-0.25, -0.2) is 0 Å². The molecule has 5 rings (SSSR count). The van der Waals surface area contributed by atoms with Gasteiger partial charge < -0.3 is 24.6 Å². The van der Waals surface area contributed by atoms with Crippen LogP contribution in [-0.4, -0.2) is 90.7 Å². The highest BCUT2D eigenvalue weighted by Gasteiger charge is 2.61. The zero-order valence-electron chi connectivity index (χ0n) is 21.5. The van der Waals surface area contributed by atoms with E-state index in [0.717, 1.165) is 38.9 Å². The summed E-state index contributed by atoms with van der Waals surface area (Å²) in [5, 5.41) is 3.21. The number of amides is 3. The second-order valence-electron chi connectivity index (χ2n) is 11.7. The molecule has 10 heteroatoms. The molecular weight excluding hydrogens is 480 g/mol. The minimum atomic E-state index is -0.404. The number of likely N-dealkylation sites (tertiary alicyclic amines) is 2. The number of aromatic nitrogens is 1. The number of ether oxygens (including phenoxy) is 2. The number of nitrogens with zero attached hydrogens (tertiary/aromatic N) is 3. The van der Waals surface area contributed by atoms with Gasteiger partial charge in [0.2, 0.25) is 11.8 Å². The maximum Gasteiger partial charge on any atom is 0.265 e. The van der Waals surface area contributed by atoms with Crippen LogP contribution in [-0.2, 0) is 19.1 Å². The number of carbonyl (C=O) groups is 3. The van der Waals surface area contributed by atoms with Gasteiger partial charge in [-0.1, -0.05) is 20.8 Å². The van der Waals surface area contributed by atoms with Crippen molar-refractivity contribution < 1.29 is 23.9 Å². The van der Waals surface area contributed by atoms with E-state index in [4.69, 9.17) is 9.47 Å². The van der Waals surface area contributed by atoms with E-state index >= 15 is 0 Å². The molecule has 0 bridgehead atoms. The molecular formula is C26H38N4O5S. The summed E-state index contributed by atoms with van der Waals surface area (Å²) in [5.74, 6) is -0.229. The molecule has 1 aromatic rings. The number of nitrogens with one attached hydrogen (secondary N) is 1. The zero-order valence-corrected chi connectivity index (χ0v) is 22.3. The third-order valence-electron chi connectivity index (χ3n) is 8.57. The van der Waals surface area contributed by atoms with E-state index in [9.17, 15) is 14.4 Å². The fraction of sp³-hybridized carbons (Fsp3) is 0.769. The van der Waals surface area contributed by atoms with Crippen LogP contribution in [0.1, 0.15) is 56.1 Å². The van der Waals surface area contributed by atoms with Gasteiger partial charge in [-0.2, -0.15) is 0 Å². The Labute approximate surface area is 216 Å². The quantitative estimate of drug-likeness (QED) is 0.566. The molecule has 0 unspecified atom stereocenters. The molecule has 1 aromatic heterocycles. The van der Waals surface area contributed by atoms with Crippen molar-refractivity contribution in [1.29, 1.82) is 0 Å². The number of hydrogen-bond donors (Lipinski definition) is 1. The van der Waals surface area contributed by atoms with Gasteiger partial charge in [0.25, 0.3) is 5.91 Å². The van der Waals surface area contributed by atoms with E-state index < -0.39 is 5.41 Å². The summed E-state index contributed by atoms with van der Waals surface area (Å²) in [4.78, 5) is 48.0. The van der Waals surface area contributed by atoms with E-state index in [2.05, 4.69) is 24.1 Å². The van der Waals surface area contributed by atoms with Crippen LogP contribution in [0.5, 0.6) is 0 Å². The highest BCUT2D eigenvalue weighted by Crippen LogP contribution is 2.54. The van der Waals surface area contributed by atoms with Crippen molar-refractivity contribution in [2.45, 2.75) is 58.6 Å². The molecule has 1 N–H and O–H groups in total. The van der Waals surface area contributed by atoms with E-state index in [1.165, 1.54) is 11.3 Å². The van der Waals surface area contributed by atoms with Crippen molar-refractivity contribution >= 4 is 29.1 Å². The fourth-order valence-corrected chi connectivity index (χ4v) is 6.51. The molecule has 9 nitrogen and oxygen atoms in total. The van der Waals surface area contributed by atoms with Crippen LogP contribution in [0.15, 0.2) is 11.7 Å². The van der Waals surface area contributed by atoms with Crippen LogP contribution in [0, 0.1) is 22.7 Å². The van der Waals surface area contributed by atoms with Gasteiger partial charge in [0.05, 0.1) is 36.4 Å². The maximum absolute atomic E-state index is 13.6. The van der Waals surface area contributed by atoms with Crippen LogP contribution in [0.2, 0.25) is 0 Å². The van der Waals surface area contributed by atoms with Crippen LogP contribution in [0.25, 0.3) is 0 Å². The Balaban J connectivity index is 1.25. The molecule has 4 aliphatic rings. The van der Waals surface area contributed by atoms with Gasteiger partial charge in [-0.15, -0.1) is 11.3 Å². The van der Waals surface area contributed by atoms with Gasteiger partial charge in [-0.3, -0.25) is 19.4 Å². The molecule has 36 heavy (non-hydrogen) atoms. The van der Waals surface area contributed by atoms with E-state index in [-0.39, 0.29) is 47.1 Å². The van der Waals surface area contributed by atoms with Crippen LogP contribution < -0.4 is 5.32 Å². The summed E-state index contributed by atoms with van der Waals surface area (Å²) < 4.78 is 11.5. The van der Waals surface area contributed by atoms with Gasteiger partial charge in [0.1, 0.15) is 4.88 Å². The first-order valence-corrected chi connectivity index (χ1v) is 14.1. The molecule has 1 saturated carbocycles. The molecule has 0 aromatic carbocycles. The molecule has 1 aliphatic carbocycles. The molecule has 1 spiro atoms. The number of hydrogen-bond acceptors (Lipinski definition) is 7. The normalized spacial score (nSPS) is 27.5. The minimum absolute atomic E-state index is 0.0455. The van der Waals surface area contributed by atoms with Crippen LogP contribution in [0.3, 0.4) is 0 Å². The minimum Gasteiger partial charge on any atom is -0.381 e. The van der Waals surface area contributed by atoms with Gasteiger partial charge in [-0.05, 0) is 31.1 Å². The van der Waals surface area contributed by atoms with Crippen LogP contribution >= 0.6 is 11.3 Å². The third-order valence-corrected chi connectivity index (χ3v) is 9.33. The summed E-state index contributed by atoms with van der Waals surface area (Å²) in [6.45, 7) is 10.1. The fourth-order valence-electron chi connectivity index (χ4n) is 5.92. The summed E-state index contributed by atoms with van der Waals surface area (Å²) in [7, 11) is 0. The van der Waals surface area contributed by atoms with E-state index in [1.807, 2.05) is 11.8 Å². The molecule has 198 valence electrons. The summed E-state index contributed by atoms with van der Waals surface area (Å²) in [5.41, 5.74) is 1.31. The second-order valence-corrected chi connectivity index (χ2v) is 12.6. The van der Waals surface area contributed by atoms with Gasteiger partial charge in [0, 0.05) is 50.7 Å². The number of thiazole rings is 1. The Morgan fingerprint density at radius 2 is 1.89 bits per heavy atom. The first-order valence-electron chi connectivity index (χ1n) is 13.2. The van der Waals surface area contributed by atoms with Crippen molar-refractivity contribution in [2.75, 3.05) is 46.0 Å². The lowest BCUT2D eigenvalue weighted by Gasteiger charge is -2.50. The lowest BCUT2D eigenvalue weighted by Crippen LogP contribution is -2.64. The Morgan fingerprint density at radius 3 is 2.50 bits per heavy atom. The molecule has 3 saturated heterocycles. The Morgan fingerprint density at radius 1 is 1.19 bits per heavy atom. The summed E-state index contributed by atoms with van der Waals surface area (Å²) in [6, 6.07) is -0.0892. The second kappa shape index (κ2) is 10.0. The monoisotopic (exact) mass is 518 g/mol. The Kier molecular flexibility index (Phi) is 7.13. The largest absolute Gasteiger partial charge is 0.381 e.